The number of amides is 6. The largest absolute Gasteiger partial charge is 0.347 e. The van der Waals surface area contributed by atoms with Gasteiger partial charge < -0.3 is 41.0 Å². The van der Waals surface area contributed by atoms with E-state index in [-0.39, 0.29) is 30.4 Å². The second-order valence-electron chi connectivity index (χ2n) is 17.8. The zero-order chi connectivity index (χ0) is 41.0. The van der Waals surface area contributed by atoms with Crippen molar-refractivity contribution in [3.05, 3.63) is 35.9 Å². The predicted octanol–water partition coefficient (Wildman–Crippen LogP) is 2.53. The number of ether oxygens (including phenoxy) is 2. The number of ketones is 2. The van der Waals surface area contributed by atoms with Crippen LogP contribution in [0.15, 0.2) is 30.3 Å². The molecule has 1 aliphatic heterocycles. The number of urea groups is 1. The molecule has 1 unspecified atom stereocenters. The summed E-state index contributed by atoms with van der Waals surface area (Å²) in [7, 11) is 3.12. The molecule has 15 heteroatoms. The van der Waals surface area contributed by atoms with Gasteiger partial charge in [-0.05, 0) is 64.4 Å². The number of rotatable bonds is 14. The van der Waals surface area contributed by atoms with Crippen molar-refractivity contribution in [2.45, 2.75) is 129 Å². The van der Waals surface area contributed by atoms with Gasteiger partial charge in [0.2, 0.25) is 23.5 Å². The molecule has 0 aromatic heterocycles. The first-order chi connectivity index (χ1) is 25.5. The maximum Gasteiger partial charge on any atom is 0.315 e. The molecule has 2 saturated carbocycles. The van der Waals surface area contributed by atoms with Crippen LogP contribution < -0.4 is 26.6 Å². The highest BCUT2D eigenvalue weighted by Gasteiger charge is 2.59. The van der Waals surface area contributed by atoms with Crippen LogP contribution in [0.3, 0.4) is 0 Å². The fourth-order valence-corrected chi connectivity index (χ4v) is 7.41. The van der Waals surface area contributed by atoms with Crippen molar-refractivity contribution in [2.24, 2.45) is 23.2 Å². The van der Waals surface area contributed by atoms with E-state index in [1.165, 1.54) is 4.90 Å². The maximum atomic E-state index is 14.4. The van der Waals surface area contributed by atoms with Crippen LogP contribution in [0.2, 0.25) is 0 Å². The molecule has 5 N–H and O–H groups in total. The van der Waals surface area contributed by atoms with Gasteiger partial charge >= 0.3 is 6.03 Å². The van der Waals surface area contributed by atoms with Gasteiger partial charge in [0, 0.05) is 25.6 Å². The molecule has 2 aliphatic carbocycles. The number of fused-ring (bicyclic) bond motifs is 1. The summed E-state index contributed by atoms with van der Waals surface area (Å²) < 4.78 is 12.3. The smallest absolute Gasteiger partial charge is 0.315 e. The summed E-state index contributed by atoms with van der Waals surface area (Å²) in [6.07, 6.45) is 1.50. The number of Topliss-reactive ketones (excluding diaryl/α,β-unsaturated/α-hetero) is 2. The molecule has 1 saturated heterocycles. The van der Waals surface area contributed by atoms with Gasteiger partial charge in [-0.15, -0.1) is 0 Å². The molecule has 0 spiro atoms. The van der Waals surface area contributed by atoms with Crippen LogP contribution in [0.1, 0.15) is 99.1 Å². The number of hydrogen-bond donors (Lipinski definition) is 5. The number of hydrogen-bond acceptors (Lipinski definition) is 9. The van der Waals surface area contributed by atoms with Gasteiger partial charge in [0.15, 0.2) is 11.6 Å². The Labute approximate surface area is 324 Å². The number of carbonyl (C=O) groups excluding carboxylic acids is 7. The maximum absolute atomic E-state index is 14.4. The Morgan fingerprint density at radius 2 is 1.53 bits per heavy atom. The fourth-order valence-electron chi connectivity index (χ4n) is 7.41. The lowest BCUT2D eigenvalue weighted by atomic mass is 9.76. The van der Waals surface area contributed by atoms with Crippen molar-refractivity contribution in [2.75, 3.05) is 20.6 Å². The molecule has 1 aromatic rings. The first-order valence-corrected chi connectivity index (χ1v) is 19.1. The van der Waals surface area contributed by atoms with Crippen LogP contribution >= 0.6 is 0 Å². The third-order valence-electron chi connectivity index (χ3n) is 10.3. The number of carbonyl (C=O) groups is 7. The third-order valence-corrected chi connectivity index (χ3v) is 10.3. The molecule has 3 aliphatic rings. The monoisotopic (exact) mass is 768 g/mol. The van der Waals surface area contributed by atoms with Gasteiger partial charge in [0.05, 0.1) is 36.8 Å². The number of benzene rings is 1. The summed E-state index contributed by atoms with van der Waals surface area (Å²) >= 11 is 0. The molecule has 3 fully saturated rings. The van der Waals surface area contributed by atoms with E-state index >= 15 is 0 Å². The van der Waals surface area contributed by atoms with Crippen molar-refractivity contribution < 1.29 is 43.0 Å². The van der Waals surface area contributed by atoms with Crippen molar-refractivity contribution in [3.63, 3.8) is 0 Å². The van der Waals surface area contributed by atoms with Crippen molar-refractivity contribution in [1.82, 2.24) is 31.5 Å². The van der Waals surface area contributed by atoms with Crippen LogP contribution in [0.25, 0.3) is 0 Å². The lowest BCUT2D eigenvalue weighted by Gasteiger charge is -2.35. The van der Waals surface area contributed by atoms with Crippen LogP contribution in [0, 0.1) is 23.2 Å². The molecule has 1 aromatic carbocycles. The Bertz CT molecular complexity index is 1610. The van der Waals surface area contributed by atoms with Gasteiger partial charge in [-0.1, -0.05) is 70.4 Å². The lowest BCUT2D eigenvalue weighted by Crippen LogP contribution is -2.58. The molecular formula is C40H60N6O9. The molecule has 15 nitrogen and oxygen atoms in total. The molecule has 0 radical (unpaired) electrons. The lowest BCUT2D eigenvalue weighted by molar-refractivity contribution is -0.167. The molecule has 4 rings (SSSR count). The zero-order valence-corrected chi connectivity index (χ0v) is 33.9. The van der Waals surface area contributed by atoms with Gasteiger partial charge in [0.25, 0.3) is 5.91 Å². The van der Waals surface area contributed by atoms with Gasteiger partial charge in [-0.2, -0.15) is 0 Å². The second-order valence-corrected chi connectivity index (χ2v) is 17.8. The SMILES string of the molecule is CN(C)C(=O)[C@@H](NC(=O)CNC(=O)C(=O)[C@H](CC1CCC1)NC(=O)[C@H]1C(C(=O)[C@@H](NC(=O)NC(C)(C)C)C(C)(C)C)C[C@@H]2OC(C)(C)O[C@@H]21)c1ccccc1. The first-order valence-electron chi connectivity index (χ1n) is 19.1. The van der Waals surface area contributed by atoms with E-state index in [1.54, 1.807) is 58.3 Å². The minimum atomic E-state index is -1.24. The molecule has 55 heavy (non-hydrogen) atoms. The minimum absolute atomic E-state index is 0.0866. The van der Waals surface area contributed by atoms with E-state index < -0.39 is 95.0 Å². The second kappa shape index (κ2) is 17.2. The van der Waals surface area contributed by atoms with E-state index in [0.29, 0.717) is 5.56 Å². The normalized spacial score (nSPS) is 23.5. The standard InChI is InChI=1S/C40H60N6O9/c1-38(2,3)33(44-37(53)45-39(4,5)6)30(48)24-20-26-32(55-40(7,8)54-26)28(24)34(50)42-25(19-22-15-14-16-22)31(49)35(51)41-21-27(47)43-29(36(52)46(9)10)23-17-12-11-13-18-23/h11-13,17-18,22,24-26,28-29,32-33H,14-16,19-21H2,1-10H3,(H,41,51)(H,42,50)(H,43,47)(H2,44,45,53)/t24?,25-,26-,28-,29-,32-,33+/m0/s1. The number of likely N-dealkylation sites (N-methyl/N-ethyl adjacent to an activating group) is 1. The van der Waals surface area contributed by atoms with E-state index in [4.69, 9.17) is 9.47 Å². The Balaban J connectivity index is 1.52. The highest BCUT2D eigenvalue weighted by atomic mass is 16.8. The van der Waals surface area contributed by atoms with E-state index in [1.807, 2.05) is 41.5 Å². The van der Waals surface area contributed by atoms with Crippen molar-refractivity contribution in [1.29, 1.82) is 0 Å². The Morgan fingerprint density at radius 1 is 0.891 bits per heavy atom. The molecule has 0 bridgehead atoms. The third kappa shape index (κ3) is 11.3. The number of nitrogens with zero attached hydrogens (tertiary/aromatic N) is 1. The zero-order valence-electron chi connectivity index (χ0n) is 33.9. The summed E-state index contributed by atoms with van der Waals surface area (Å²) in [5, 5.41) is 13.4. The average Bonchev–Trinajstić information content (AvgIpc) is 3.55. The van der Waals surface area contributed by atoms with E-state index in [0.717, 1.165) is 19.3 Å². The van der Waals surface area contributed by atoms with Crippen molar-refractivity contribution in [3.8, 4) is 0 Å². The highest BCUT2D eigenvalue weighted by Crippen LogP contribution is 2.46. The molecule has 304 valence electrons. The summed E-state index contributed by atoms with van der Waals surface area (Å²) in [4.78, 5) is 96.1. The summed E-state index contributed by atoms with van der Waals surface area (Å²) in [5.41, 5.74) is -0.757. The van der Waals surface area contributed by atoms with Gasteiger partial charge in [0.1, 0.15) is 6.04 Å². The number of nitrogens with one attached hydrogen (secondary N) is 5. The fraction of sp³-hybridized carbons (Fsp3) is 0.675. The molecule has 7 atom stereocenters. The molecule has 6 amide bonds. The summed E-state index contributed by atoms with van der Waals surface area (Å²) in [6, 6.07) is 4.86. The Kier molecular flexibility index (Phi) is 13.6. The topological polar surface area (TPSA) is 201 Å². The molecule has 1 heterocycles. The van der Waals surface area contributed by atoms with Crippen LogP contribution in [-0.2, 0) is 38.2 Å². The Hall–Kier alpha value is -4.37. The summed E-state index contributed by atoms with van der Waals surface area (Å²) in [6.45, 7) is 13.8. The van der Waals surface area contributed by atoms with Crippen molar-refractivity contribution >= 4 is 41.2 Å². The molecular weight excluding hydrogens is 708 g/mol. The predicted molar refractivity (Wildman–Crippen MR) is 203 cm³/mol. The van der Waals surface area contributed by atoms with Crippen LogP contribution in [0.4, 0.5) is 4.79 Å². The minimum Gasteiger partial charge on any atom is -0.347 e. The van der Waals surface area contributed by atoms with Gasteiger partial charge in [-0.3, -0.25) is 28.8 Å². The van der Waals surface area contributed by atoms with E-state index in [2.05, 4.69) is 26.6 Å². The summed E-state index contributed by atoms with van der Waals surface area (Å²) in [5.74, 6) is -7.08. The van der Waals surface area contributed by atoms with Crippen LogP contribution in [0.5, 0.6) is 0 Å². The highest BCUT2D eigenvalue weighted by molar-refractivity contribution is 6.38. The Morgan fingerprint density at radius 3 is 2.07 bits per heavy atom. The van der Waals surface area contributed by atoms with Crippen LogP contribution in [-0.4, -0.2) is 102 Å². The average molecular weight is 769 g/mol. The van der Waals surface area contributed by atoms with Gasteiger partial charge in [-0.25, -0.2) is 4.79 Å². The first kappa shape index (κ1) is 43.4. The quantitative estimate of drug-likeness (QED) is 0.177. The van der Waals surface area contributed by atoms with E-state index in [9.17, 15) is 33.6 Å².